The summed E-state index contributed by atoms with van der Waals surface area (Å²) in [5.41, 5.74) is 2.25. The van der Waals surface area contributed by atoms with Crippen LogP contribution >= 0.6 is 35.2 Å². The normalized spacial score (nSPS) is 16.8. The number of rotatable bonds is 9. The molecule has 0 atom stereocenters. The Morgan fingerprint density at radius 3 is 2.53 bits per heavy atom. The molecule has 2 N–H and O–H groups in total. The number of aromatic nitrogens is 3. The van der Waals surface area contributed by atoms with Crippen molar-refractivity contribution in [1.29, 1.82) is 0 Å². The molecule has 4 heterocycles. The largest absolute Gasteiger partial charge is 0.381 e. The number of benzene rings is 2. The van der Waals surface area contributed by atoms with E-state index in [0.29, 0.717) is 36.5 Å². The molecule has 0 saturated carbocycles. The van der Waals surface area contributed by atoms with Crippen LogP contribution in [0.25, 0.3) is 21.8 Å². The van der Waals surface area contributed by atoms with Gasteiger partial charge in [-0.25, -0.2) is 28.1 Å². The van der Waals surface area contributed by atoms with E-state index in [1.165, 1.54) is 6.07 Å². The molecule has 6 rings (SSSR count). The second-order valence-electron chi connectivity index (χ2n) is 10.4. The second kappa shape index (κ2) is 13.9. The van der Waals surface area contributed by atoms with Crippen LogP contribution in [0.1, 0.15) is 36.6 Å². The zero-order valence-electron chi connectivity index (χ0n) is 23.5. The third-order valence-corrected chi connectivity index (χ3v) is 10.5. The van der Waals surface area contributed by atoms with Crippen LogP contribution in [0.5, 0.6) is 0 Å². The zero-order chi connectivity index (χ0) is 29.8. The van der Waals surface area contributed by atoms with Crippen molar-refractivity contribution in [3.05, 3.63) is 71.1 Å². The topological polar surface area (TPSA) is 75.2 Å². The molecule has 0 radical (unpaired) electrons. The van der Waals surface area contributed by atoms with Crippen LogP contribution in [-0.2, 0) is 4.74 Å². The summed E-state index contributed by atoms with van der Waals surface area (Å²) in [6.07, 6.45) is 7.63. The predicted octanol–water partition coefficient (Wildman–Crippen LogP) is 7.85. The summed E-state index contributed by atoms with van der Waals surface area (Å²) >= 11 is 4.17. The van der Waals surface area contributed by atoms with Crippen molar-refractivity contribution >= 4 is 46.9 Å². The maximum atomic E-state index is 14.9. The quantitative estimate of drug-likeness (QED) is 0.177. The Morgan fingerprint density at radius 2 is 1.74 bits per heavy atom. The van der Waals surface area contributed by atoms with E-state index in [-0.39, 0.29) is 16.5 Å². The minimum Gasteiger partial charge on any atom is -0.381 e. The fourth-order valence-electron chi connectivity index (χ4n) is 5.16. The molecule has 0 aliphatic carbocycles. The van der Waals surface area contributed by atoms with E-state index in [9.17, 15) is 13.2 Å². The van der Waals surface area contributed by atoms with E-state index in [2.05, 4.69) is 25.6 Å². The van der Waals surface area contributed by atoms with Gasteiger partial charge in [-0.05, 0) is 86.4 Å². The predicted molar refractivity (Wildman–Crippen MR) is 169 cm³/mol. The summed E-state index contributed by atoms with van der Waals surface area (Å²) in [5, 5.41) is 4.50. The highest BCUT2D eigenvalue weighted by atomic mass is 32.2. The van der Waals surface area contributed by atoms with E-state index in [0.717, 1.165) is 84.5 Å². The molecule has 2 aromatic carbocycles. The Balaban J connectivity index is 1.30. The van der Waals surface area contributed by atoms with E-state index in [4.69, 9.17) is 14.7 Å². The number of hydrogen-bond donors (Lipinski definition) is 2. The molecule has 0 amide bonds. The second-order valence-corrected chi connectivity index (χ2v) is 13.1. The Bertz CT molecular complexity index is 1560. The van der Waals surface area contributed by atoms with Gasteiger partial charge in [-0.15, -0.1) is 11.3 Å². The van der Waals surface area contributed by atoms with Crippen molar-refractivity contribution in [2.75, 3.05) is 42.6 Å². The molecule has 13 heteroatoms. The lowest BCUT2D eigenvalue weighted by Gasteiger charge is -2.30. The average Bonchev–Trinajstić information content (AvgIpc) is 3.49. The molecule has 0 unspecified atom stereocenters. The van der Waals surface area contributed by atoms with Crippen molar-refractivity contribution in [1.82, 2.24) is 19.3 Å². The Labute approximate surface area is 261 Å². The van der Waals surface area contributed by atoms with Crippen molar-refractivity contribution < 1.29 is 17.9 Å². The maximum Gasteiger partial charge on any atom is 0.223 e. The van der Waals surface area contributed by atoms with Crippen molar-refractivity contribution in [2.24, 2.45) is 0 Å². The molecular weight excluding hydrogens is 614 g/mol. The van der Waals surface area contributed by atoms with Gasteiger partial charge in [-0.1, -0.05) is 11.9 Å². The number of halogens is 3. The number of thiazole rings is 1. The summed E-state index contributed by atoms with van der Waals surface area (Å²) in [7, 11) is 0. The summed E-state index contributed by atoms with van der Waals surface area (Å²) < 4.78 is 53.6. The van der Waals surface area contributed by atoms with Gasteiger partial charge < -0.3 is 14.8 Å². The van der Waals surface area contributed by atoms with E-state index < -0.39 is 17.5 Å². The Morgan fingerprint density at radius 1 is 0.953 bits per heavy atom. The van der Waals surface area contributed by atoms with E-state index in [1.807, 2.05) is 6.07 Å². The lowest BCUT2D eigenvalue weighted by atomic mass is 10.0. The molecule has 2 saturated heterocycles. The molecule has 0 bridgehead atoms. The van der Waals surface area contributed by atoms with Gasteiger partial charge in [0.1, 0.15) is 17.5 Å². The number of anilines is 2. The van der Waals surface area contributed by atoms with Gasteiger partial charge in [0, 0.05) is 50.0 Å². The minimum absolute atomic E-state index is 0.0288. The summed E-state index contributed by atoms with van der Waals surface area (Å²) in [4.78, 5) is 15.3. The number of nitrogens with one attached hydrogen (secondary N) is 2. The van der Waals surface area contributed by atoms with Crippen molar-refractivity contribution in [2.45, 2.75) is 42.5 Å². The van der Waals surface area contributed by atoms with Crippen molar-refractivity contribution in [3.63, 3.8) is 0 Å². The molecular formula is C30H31F3N6OS3. The first-order valence-corrected chi connectivity index (χ1v) is 16.9. The lowest BCUT2D eigenvalue weighted by molar-refractivity contribution is 0.0853. The highest BCUT2D eigenvalue weighted by Crippen LogP contribution is 2.42. The fraction of sp³-hybridized carbons (Fsp3) is 0.367. The van der Waals surface area contributed by atoms with Gasteiger partial charge >= 0.3 is 0 Å². The first-order chi connectivity index (χ1) is 21.0. The van der Waals surface area contributed by atoms with Crippen LogP contribution < -0.4 is 10.0 Å². The molecule has 2 aliphatic heterocycles. The molecule has 43 heavy (non-hydrogen) atoms. The van der Waals surface area contributed by atoms with Crippen molar-refractivity contribution in [3.8, 4) is 21.8 Å². The third-order valence-electron chi connectivity index (χ3n) is 7.55. The first kappa shape index (κ1) is 30.2. The minimum atomic E-state index is -0.596. The average molecular weight is 645 g/mol. The van der Waals surface area contributed by atoms with Crippen LogP contribution in [-0.4, -0.2) is 57.9 Å². The highest BCUT2D eigenvalue weighted by Gasteiger charge is 2.25. The summed E-state index contributed by atoms with van der Waals surface area (Å²) in [6, 6.07) is 10.0. The standard InChI is InChI=1S/C30H31F3N6OS3/c1-41-39-12-7-21(8-13-39)35-30-34-11-6-24(36-30)28-27(37-29(42-28)18-9-14-40-15-10-18)19-2-4-22(32)25(16-19)38-43-26-17-20(31)3-5-23(26)33/h2-6,11,16-18,21,38H,7-10,12-15H2,1H3,(H,34,35,36). The summed E-state index contributed by atoms with van der Waals surface area (Å²) in [6.45, 7) is 3.39. The monoisotopic (exact) mass is 644 g/mol. The van der Waals surface area contributed by atoms with Gasteiger partial charge in [0.15, 0.2) is 0 Å². The first-order valence-electron chi connectivity index (χ1n) is 14.1. The molecule has 226 valence electrons. The third kappa shape index (κ3) is 7.28. The molecule has 0 spiro atoms. The van der Waals surface area contributed by atoms with Crippen LogP contribution in [0.15, 0.2) is 53.6 Å². The van der Waals surface area contributed by atoms with E-state index >= 15 is 0 Å². The Kier molecular flexibility index (Phi) is 9.73. The summed E-state index contributed by atoms with van der Waals surface area (Å²) in [5.74, 6) is -0.854. The molecule has 2 aliphatic rings. The highest BCUT2D eigenvalue weighted by molar-refractivity contribution is 8.00. The molecule has 7 nitrogen and oxygen atoms in total. The van der Waals surface area contributed by atoms with Crippen LogP contribution in [0.2, 0.25) is 0 Å². The van der Waals surface area contributed by atoms with Gasteiger partial charge in [0.05, 0.1) is 31.9 Å². The van der Waals surface area contributed by atoms with E-state index in [1.54, 1.807) is 41.6 Å². The van der Waals surface area contributed by atoms with Crippen LogP contribution in [0.3, 0.4) is 0 Å². The van der Waals surface area contributed by atoms with Gasteiger partial charge in [-0.2, -0.15) is 0 Å². The lowest BCUT2D eigenvalue weighted by Crippen LogP contribution is -2.35. The zero-order valence-corrected chi connectivity index (χ0v) is 25.9. The molecule has 2 aromatic heterocycles. The van der Waals surface area contributed by atoms with Gasteiger partial charge in [0.25, 0.3) is 0 Å². The molecule has 4 aromatic rings. The number of nitrogens with zero attached hydrogens (tertiary/aromatic N) is 4. The number of ether oxygens (including phenoxy) is 1. The maximum absolute atomic E-state index is 14.9. The fourth-order valence-corrected chi connectivity index (χ4v) is 7.68. The number of hydrogen-bond acceptors (Lipinski definition) is 10. The van der Waals surface area contributed by atoms with Gasteiger partial charge in [-0.3, -0.25) is 4.31 Å². The van der Waals surface area contributed by atoms with Crippen LogP contribution in [0.4, 0.5) is 24.8 Å². The SMILES string of the molecule is CSN1CCC(Nc2nccc(-c3sc(C4CCOCC4)nc3-c3ccc(F)c(NSc4cc(F)ccc4F)c3)n2)CC1. The Hall–Kier alpha value is -2.84. The van der Waals surface area contributed by atoms with Gasteiger partial charge in [0.2, 0.25) is 5.95 Å². The van der Waals surface area contributed by atoms with Crippen LogP contribution in [0, 0.1) is 17.5 Å². The number of piperidine rings is 1. The smallest absolute Gasteiger partial charge is 0.223 e. The molecule has 2 fully saturated rings.